The summed E-state index contributed by atoms with van der Waals surface area (Å²) in [6, 6.07) is 7.49. The van der Waals surface area contributed by atoms with E-state index in [4.69, 9.17) is 9.47 Å². The lowest BCUT2D eigenvalue weighted by molar-refractivity contribution is 0.0859. The normalized spacial score (nSPS) is 14.9. The van der Waals surface area contributed by atoms with Gasteiger partial charge in [0, 0.05) is 24.5 Å². The third-order valence-electron chi connectivity index (χ3n) is 4.54. The number of carbonyl (C=O) groups excluding carboxylic acids is 2. The number of nitrogens with zero attached hydrogens (tertiary/aromatic N) is 2. The number of fused-ring (bicyclic) bond motifs is 1. The van der Waals surface area contributed by atoms with Gasteiger partial charge in [0.1, 0.15) is 0 Å². The van der Waals surface area contributed by atoms with E-state index < -0.39 is 0 Å². The Balaban J connectivity index is 1.72. The van der Waals surface area contributed by atoms with Crippen molar-refractivity contribution in [2.45, 2.75) is 25.8 Å². The number of piperidine rings is 1. The van der Waals surface area contributed by atoms with Crippen molar-refractivity contribution in [1.29, 1.82) is 0 Å². The van der Waals surface area contributed by atoms with Gasteiger partial charge in [-0.1, -0.05) is 18.2 Å². The lowest BCUT2D eigenvalue weighted by atomic mass is 10.0. The highest BCUT2D eigenvalue weighted by atomic mass is 16.6. The zero-order valence-electron chi connectivity index (χ0n) is 15.0. The van der Waals surface area contributed by atoms with Crippen molar-refractivity contribution >= 4 is 22.9 Å². The van der Waals surface area contributed by atoms with Crippen LogP contribution in [-0.4, -0.2) is 54.7 Å². The average molecular weight is 357 g/mol. The molecule has 26 heavy (non-hydrogen) atoms. The molecule has 2 aromatic rings. The number of rotatable bonds is 4. The number of hydrogen-bond acceptors (Lipinski definition) is 5. The Labute approximate surface area is 152 Å². The molecule has 7 heteroatoms. The molecule has 0 unspecified atom stereocenters. The number of ether oxygens (including phenoxy) is 2. The Kier molecular flexibility index (Phi) is 5.55. The summed E-state index contributed by atoms with van der Waals surface area (Å²) in [4.78, 5) is 30.7. The highest BCUT2D eigenvalue weighted by Gasteiger charge is 2.26. The number of pyridine rings is 1. The minimum atomic E-state index is -0.293. The van der Waals surface area contributed by atoms with Gasteiger partial charge in [0.25, 0.3) is 5.91 Å². The molecule has 0 bridgehead atoms. The summed E-state index contributed by atoms with van der Waals surface area (Å²) >= 11 is 0. The zero-order chi connectivity index (χ0) is 18.5. The largest absolute Gasteiger partial charge is 0.494 e. The summed E-state index contributed by atoms with van der Waals surface area (Å²) in [6.07, 6.45) is 2.66. The third-order valence-corrected chi connectivity index (χ3v) is 4.54. The van der Waals surface area contributed by atoms with E-state index in [1.807, 2.05) is 24.3 Å². The van der Waals surface area contributed by atoms with Gasteiger partial charge in [-0.2, -0.15) is 0 Å². The average Bonchev–Trinajstić information content (AvgIpc) is 2.67. The third kappa shape index (κ3) is 3.71. The molecule has 1 aliphatic heterocycles. The second kappa shape index (κ2) is 8.03. The van der Waals surface area contributed by atoms with E-state index in [-0.39, 0.29) is 18.0 Å². The van der Waals surface area contributed by atoms with E-state index in [1.165, 1.54) is 7.11 Å². The molecule has 7 nitrogen and oxygen atoms in total. The molecule has 1 aliphatic rings. The number of nitrogens with one attached hydrogen (secondary N) is 1. The van der Waals surface area contributed by atoms with E-state index in [9.17, 15) is 9.59 Å². The molecule has 1 saturated heterocycles. The Morgan fingerprint density at radius 2 is 2.00 bits per heavy atom. The number of para-hydroxylation sites is 1. The number of benzene rings is 1. The smallest absolute Gasteiger partial charge is 0.409 e. The molecule has 2 heterocycles. The number of aromatic nitrogens is 1. The zero-order valence-corrected chi connectivity index (χ0v) is 15.0. The van der Waals surface area contributed by atoms with Crippen molar-refractivity contribution < 1.29 is 19.1 Å². The quantitative estimate of drug-likeness (QED) is 0.910. The topological polar surface area (TPSA) is 80.8 Å². The predicted molar refractivity (Wildman–Crippen MR) is 97.4 cm³/mol. The standard InChI is InChI=1S/C19H23N3O4/c1-3-26-19(24)22-10-8-13(9-11-22)21-18(23)17-14-6-4-5-7-15(14)20-12-16(17)25-2/h4-7,12-13H,3,8-11H2,1-2H3,(H,21,23). The minimum absolute atomic E-state index is 0.00445. The van der Waals surface area contributed by atoms with Crippen LogP contribution in [-0.2, 0) is 4.74 Å². The lowest BCUT2D eigenvalue weighted by Crippen LogP contribution is -2.46. The van der Waals surface area contributed by atoms with Gasteiger partial charge in [-0.15, -0.1) is 0 Å². The van der Waals surface area contributed by atoms with Gasteiger partial charge in [-0.3, -0.25) is 9.78 Å². The molecule has 1 aromatic heterocycles. The van der Waals surface area contributed by atoms with E-state index in [0.717, 1.165) is 10.9 Å². The molecule has 0 saturated carbocycles. The van der Waals surface area contributed by atoms with Gasteiger partial charge in [-0.05, 0) is 25.8 Å². The Morgan fingerprint density at radius 3 is 2.69 bits per heavy atom. The number of methoxy groups -OCH3 is 1. The Bertz CT molecular complexity index is 800. The second-order valence-electron chi connectivity index (χ2n) is 6.15. The molecule has 138 valence electrons. The first-order chi connectivity index (χ1) is 12.6. The van der Waals surface area contributed by atoms with Crippen molar-refractivity contribution in [3.05, 3.63) is 36.0 Å². The van der Waals surface area contributed by atoms with Gasteiger partial charge in [0.2, 0.25) is 0 Å². The van der Waals surface area contributed by atoms with Gasteiger partial charge >= 0.3 is 6.09 Å². The molecule has 1 N–H and O–H groups in total. The Hall–Kier alpha value is -2.83. The molecule has 1 aromatic carbocycles. The van der Waals surface area contributed by atoms with Gasteiger partial charge in [-0.25, -0.2) is 4.79 Å². The van der Waals surface area contributed by atoms with Crippen LogP contribution in [0.5, 0.6) is 5.75 Å². The van der Waals surface area contributed by atoms with E-state index in [2.05, 4.69) is 10.3 Å². The fraction of sp³-hybridized carbons (Fsp3) is 0.421. The van der Waals surface area contributed by atoms with Crippen LogP contribution < -0.4 is 10.1 Å². The van der Waals surface area contributed by atoms with Crippen LogP contribution in [0, 0.1) is 0 Å². The van der Waals surface area contributed by atoms with Crippen LogP contribution in [0.3, 0.4) is 0 Å². The predicted octanol–water partition coefficient (Wildman–Crippen LogP) is 2.59. The van der Waals surface area contributed by atoms with E-state index >= 15 is 0 Å². The molecule has 2 amide bonds. The summed E-state index contributed by atoms with van der Waals surface area (Å²) < 4.78 is 10.4. The van der Waals surface area contributed by atoms with Gasteiger partial charge in [0.15, 0.2) is 5.75 Å². The summed E-state index contributed by atoms with van der Waals surface area (Å²) in [5.41, 5.74) is 1.24. The van der Waals surface area contributed by atoms with Crippen molar-refractivity contribution in [3.63, 3.8) is 0 Å². The number of amides is 2. The first-order valence-electron chi connectivity index (χ1n) is 8.78. The van der Waals surface area contributed by atoms with Crippen molar-refractivity contribution in [1.82, 2.24) is 15.2 Å². The maximum absolute atomic E-state index is 12.9. The summed E-state index contributed by atoms with van der Waals surface area (Å²) in [5.74, 6) is 0.264. The van der Waals surface area contributed by atoms with Crippen LogP contribution in [0.1, 0.15) is 30.1 Å². The monoisotopic (exact) mass is 357 g/mol. The lowest BCUT2D eigenvalue weighted by Gasteiger charge is -2.31. The number of hydrogen-bond donors (Lipinski definition) is 1. The van der Waals surface area contributed by atoms with Crippen LogP contribution >= 0.6 is 0 Å². The maximum Gasteiger partial charge on any atom is 0.409 e. The molecule has 0 radical (unpaired) electrons. The first-order valence-corrected chi connectivity index (χ1v) is 8.78. The number of carbonyl (C=O) groups is 2. The first kappa shape index (κ1) is 18.0. The summed E-state index contributed by atoms with van der Waals surface area (Å²) in [5, 5.41) is 3.83. The highest BCUT2D eigenvalue weighted by Crippen LogP contribution is 2.26. The maximum atomic E-state index is 12.9. The molecule has 0 atom stereocenters. The van der Waals surface area contributed by atoms with Gasteiger partial charge < -0.3 is 19.7 Å². The van der Waals surface area contributed by atoms with Crippen LogP contribution in [0.4, 0.5) is 4.79 Å². The molecule has 0 spiro atoms. The van der Waals surface area contributed by atoms with E-state index in [1.54, 1.807) is 18.0 Å². The summed E-state index contributed by atoms with van der Waals surface area (Å²) in [7, 11) is 1.53. The molecule has 3 rings (SSSR count). The minimum Gasteiger partial charge on any atom is -0.494 e. The van der Waals surface area contributed by atoms with Crippen LogP contribution in [0.25, 0.3) is 10.9 Å². The van der Waals surface area contributed by atoms with Crippen molar-refractivity contribution in [3.8, 4) is 5.75 Å². The van der Waals surface area contributed by atoms with Crippen molar-refractivity contribution in [2.24, 2.45) is 0 Å². The van der Waals surface area contributed by atoms with E-state index in [0.29, 0.717) is 43.9 Å². The Morgan fingerprint density at radius 1 is 1.27 bits per heavy atom. The van der Waals surface area contributed by atoms with Crippen LogP contribution in [0.15, 0.2) is 30.5 Å². The molecular weight excluding hydrogens is 334 g/mol. The molecule has 1 fully saturated rings. The SMILES string of the molecule is CCOC(=O)N1CCC(NC(=O)c2c(OC)cnc3ccccc23)CC1. The fourth-order valence-corrected chi connectivity index (χ4v) is 3.19. The summed E-state index contributed by atoms with van der Waals surface area (Å²) in [6.45, 7) is 3.29. The van der Waals surface area contributed by atoms with Crippen LogP contribution in [0.2, 0.25) is 0 Å². The number of likely N-dealkylation sites (tertiary alicyclic amines) is 1. The second-order valence-corrected chi connectivity index (χ2v) is 6.15. The molecular formula is C19H23N3O4. The molecule has 0 aliphatic carbocycles. The fourth-order valence-electron chi connectivity index (χ4n) is 3.19. The van der Waals surface area contributed by atoms with Crippen molar-refractivity contribution in [2.75, 3.05) is 26.8 Å². The highest BCUT2D eigenvalue weighted by molar-refractivity contribution is 6.08. The van der Waals surface area contributed by atoms with Gasteiger partial charge in [0.05, 0.1) is 31.0 Å².